The highest BCUT2D eigenvalue weighted by molar-refractivity contribution is 9.10. The van der Waals surface area contributed by atoms with Gasteiger partial charge >= 0.3 is 0 Å². The van der Waals surface area contributed by atoms with Gasteiger partial charge in [0.25, 0.3) is 15.9 Å². The van der Waals surface area contributed by atoms with E-state index in [-0.39, 0.29) is 23.5 Å². The van der Waals surface area contributed by atoms with E-state index in [1.165, 1.54) is 24.3 Å². The molecule has 3 aromatic carbocycles. The SMILES string of the molecule is COc1ccc([C@@H](C)NC(=O)COc2ccc(S(=O)(=O)Nc3ccc(Br)cc3)cc2)cc1OC. The second-order valence-corrected chi connectivity index (χ2v) is 9.87. The Kier molecular flexibility index (Phi) is 8.41. The van der Waals surface area contributed by atoms with Crippen molar-refractivity contribution in [1.29, 1.82) is 0 Å². The van der Waals surface area contributed by atoms with Crippen molar-refractivity contribution < 1.29 is 27.4 Å². The highest BCUT2D eigenvalue weighted by Gasteiger charge is 2.16. The molecule has 8 nitrogen and oxygen atoms in total. The molecular weight excluding hydrogens is 524 g/mol. The van der Waals surface area contributed by atoms with E-state index in [1.807, 2.05) is 13.0 Å². The number of nitrogens with one attached hydrogen (secondary N) is 2. The van der Waals surface area contributed by atoms with Crippen LogP contribution in [0, 0.1) is 0 Å². The summed E-state index contributed by atoms with van der Waals surface area (Å²) in [7, 11) is -0.647. The van der Waals surface area contributed by atoms with Crippen molar-refractivity contribution in [3.8, 4) is 17.2 Å². The van der Waals surface area contributed by atoms with Crippen LogP contribution in [0.4, 0.5) is 5.69 Å². The van der Waals surface area contributed by atoms with Crippen LogP contribution in [-0.4, -0.2) is 35.2 Å². The van der Waals surface area contributed by atoms with Crippen LogP contribution in [0.2, 0.25) is 0 Å². The minimum atomic E-state index is -3.75. The summed E-state index contributed by atoms with van der Waals surface area (Å²) in [4.78, 5) is 12.4. The third-order valence-electron chi connectivity index (χ3n) is 4.89. The first-order chi connectivity index (χ1) is 16.2. The fraction of sp³-hybridized carbons (Fsp3) is 0.208. The Hall–Kier alpha value is -3.24. The van der Waals surface area contributed by atoms with E-state index in [2.05, 4.69) is 26.0 Å². The molecule has 1 amide bonds. The van der Waals surface area contributed by atoms with Crippen LogP contribution in [-0.2, 0) is 14.8 Å². The van der Waals surface area contributed by atoms with Crippen LogP contribution in [0.5, 0.6) is 17.2 Å². The van der Waals surface area contributed by atoms with Crippen LogP contribution >= 0.6 is 15.9 Å². The predicted molar refractivity (Wildman–Crippen MR) is 133 cm³/mol. The summed E-state index contributed by atoms with van der Waals surface area (Å²) in [6.07, 6.45) is 0. The van der Waals surface area contributed by atoms with Crippen LogP contribution in [0.1, 0.15) is 18.5 Å². The summed E-state index contributed by atoms with van der Waals surface area (Å²) in [5, 5.41) is 2.85. The second kappa shape index (κ2) is 11.3. The molecule has 2 N–H and O–H groups in total. The van der Waals surface area contributed by atoms with Gasteiger partial charge in [0.05, 0.1) is 25.2 Å². The molecule has 180 valence electrons. The number of carbonyl (C=O) groups is 1. The molecule has 0 bridgehead atoms. The Labute approximate surface area is 207 Å². The first-order valence-electron chi connectivity index (χ1n) is 10.2. The zero-order valence-electron chi connectivity index (χ0n) is 18.9. The van der Waals surface area contributed by atoms with Gasteiger partial charge in [0, 0.05) is 10.2 Å². The third-order valence-corrected chi connectivity index (χ3v) is 6.81. The van der Waals surface area contributed by atoms with E-state index in [1.54, 1.807) is 50.6 Å². The van der Waals surface area contributed by atoms with Gasteiger partial charge < -0.3 is 19.5 Å². The fourth-order valence-corrected chi connectivity index (χ4v) is 4.41. The average Bonchev–Trinajstić information content (AvgIpc) is 2.83. The largest absolute Gasteiger partial charge is 0.493 e. The van der Waals surface area contributed by atoms with Crippen molar-refractivity contribution in [1.82, 2.24) is 5.32 Å². The van der Waals surface area contributed by atoms with Gasteiger partial charge in [-0.25, -0.2) is 8.42 Å². The molecule has 0 saturated carbocycles. The standard InChI is InChI=1S/C24H25BrN2O6S/c1-16(17-4-13-22(31-2)23(14-17)32-3)26-24(28)15-33-20-9-11-21(12-10-20)34(29,30)27-19-7-5-18(25)6-8-19/h4-14,16,27H,15H2,1-3H3,(H,26,28)/t16-/m1/s1. The number of rotatable bonds is 10. The van der Waals surface area contributed by atoms with Gasteiger partial charge in [0.1, 0.15) is 5.75 Å². The maximum atomic E-state index is 12.6. The number of amides is 1. The molecular formula is C24H25BrN2O6S. The number of ether oxygens (including phenoxy) is 3. The monoisotopic (exact) mass is 548 g/mol. The molecule has 0 aromatic heterocycles. The number of anilines is 1. The first kappa shape index (κ1) is 25.4. The molecule has 0 spiro atoms. The maximum Gasteiger partial charge on any atom is 0.261 e. The van der Waals surface area contributed by atoms with E-state index in [0.29, 0.717) is 22.9 Å². The molecule has 0 aliphatic heterocycles. The molecule has 10 heteroatoms. The Balaban J connectivity index is 1.55. The van der Waals surface area contributed by atoms with Crippen molar-refractivity contribution in [2.45, 2.75) is 17.9 Å². The molecule has 3 rings (SSSR count). The van der Waals surface area contributed by atoms with E-state index in [0.717, 1.165) is 10.0 Å². The molecule has 0 aliphatic rings. The van der Waals surface area contributed by atoms with Crippen molar-refractivity contribution in [3.05, 3.63) is 76.8 Å². The fourth-order valence-electron chi connectivity index (χ4n) is 3.08. The number of hydrogen-bond acceptors (Lipinski definition) is 6. The van der Waals surface area contributed by atoms with E-state index >= 15 is 0 Å². The normalized spacial score (nSPS) is 11.9. The quantitative estimate of drug-likeness (QED) is 0.386. The van der Waals surface area contributed by atoms with Crippen molar-refractivity contribution in [2.75, 3.05) is 25.5 Å². The van der Waals surface area contributed by atoms with E-state index in [9.17, 15) is 13.2 Å². The molecule has 0 unspecified atom stereocenters. The number of sulfonamides is 1. The number of benzene rings is 3. The minimum absolute atomic E-state index is 0.0781. The zero-order chi connectivity index (χ0) is 24.7. The Morgan fingerprint density at radius 3 is 2.21 bits per heavy atom. The van der Waals surface area contributed by atoms with Gasteiger partial charge in [-0.2, -0.15) is 0 Å². The lowest BCUT2D eigenvalue weighted by molar-refractivity contribution is -0.123. The summed E-state index contributed by atoms with van der Waals surface area (Å²) in [5.74, 6) is 1.22. The lowest BCUT2D eigenvalue weighted by atomic mass is 10.1. The van der Waals surface area contributed by atoms with Gasteiger partial charge in [0.2, 0.25) is 0 Å². The Morgan fingerprint density at radius 2 is 1.59 bits per heavy atom. The number of carbonyl (C=O) groups excluding carboxylic acids is 1. The Morgan fingerprint density at radius 1 is 0.941 bits per heavy atom. The van der Waals surface area contributed by atoms with Crippen LogP contribution in [0.3, 0.4) is 0 Å². The average molecular weight is 549 g/mol. The molecule has 1 atom stereocenters. The van der Waals surface area contributed by atoms with Gasteiger partial charge in [-0.15, -0.1) is 0 Å². The summed E-state index contributed by atoms with van der Waals surface area (Å²) >= 11 is 3.31. The van der Waals surface area contributed by atoms with E-state index in [4.69, 9.17) is 14.2 Å². The molecule has 0 aliphatic carbocycles. The maximum absolute atomic E-state index is 12.6. The summed E-state index contributed by atoms with van der Waals surface area (Å²) in [6.45, 7) is 1.62. The number of halogens is 1. The molecule has 0 fully saturated rings. The topological polar surface area (TPSA) is 103 Å². The van der Waals surface area contributed by atoms with Crippen molar-refractivity contribution in [3.63, 3.8) is 0 Å². The van der Waals surface area contributed by atoms with Crippen LogP contribution in [0.25, 0.3) is 0 Å². The van der Waals surface area contributed by atoms with E-state index < -0.39 is 10.0 Å². The summed E-state index contributed by atoms with van der Waals surface area (Å²) in [5.41, 5.74) is 1.29. The molecule has 34 heavy (non-hydrogen) atoms. The molecule has 0 heterocycles. The van der Waals surface area contributed by atoms with Crippen LogP contribution < -0.4 is 24.2 Å². The highest BCUT2D eigenvalue weighted by atomic mass is 79.9. The predicted octanol–water partition coefficient (Wildman–Crippen LogP) is 4.52. The first-order valence-corrected chi connectivity index (χ1v) is 12.5. The number of hydrogen-bond donors (Lipinski definition) is 2. The minimum Gasteiger partial charge on any atom is -0.493 e. The van der Waals surface area contributed by atoms with Crippen LogP contribution in [0.15, 0.2) is 76.1 Å². The zero-order valence-corrected chi connectivity index (χ0v) is 21.3. The molecule has 3 aromatic rings. The summed E-state index contributed by atoms with van der Waals surface area (Å²) in [6, 6.07) is 17.8. The van der Waals surface area contributed by atoms with Crippen molar-refractivity contribution >= 4 is 37.5 Å². The van der Waals surface area contributed by atoms with Gasteiger partial charge in [-0.05, 0) is 73.2 Å². The molecule has 0 radical (unpaired) electrons. The molecule has 0 saturated heterocycles. The van der Waals surface area contributed by atoms with Crippen molar-refractivity contribution in [2.24, 2.45) is 0 Å². The third kappa shape index (κ3) is 6.64. The summed E-state index contributed by atoms with van der Waals surface area (Å²) < 4.78 is 44.5. The lowest BCUT2D eigenvalue weighted by Crippen LogP contribution is -2.31. The van der Waals surface area contributed by atoms with Gasteiger partial charge in [0.15, 0.2) is 18.1 Å². The lowest BCUT2D eigenvalue weighted by Gasteiger charge is -2.17. The van der Waals surface area contributed by atoms with Gasteiger partial charge in [-0.1, -0.05) is 22.0 Å². The number of methoxy groups -OCH3 is 2. The Bertz CT molecular complexity index is 1230. The smallest absolute Gasteiger partial charge is 0.261 e. The highest BCUT2D eigenvalue weighted by Crippen LogP contribution is 2.30. The van der Waals surface area contributed by atoms with Gasteiger partial charge in [-0.3, -0.25) is 9.52 Å². The second-order valence-electron chi connectivity index (χ2n) is 7.28.